The molecule has 1 N–H and O–H groups in total. The van der Waals surface area contributed by atoms with Gasteiger partial charge in [0.2, 0.25) is 0 Å². The highest BCUT2D eigenvalue weighted by Crippen LogP contribution is 2.19. The van der Waals surface area contributed by atoms with Crippen LogP contribution in [0.5, 0.6) is 5.75 Å². The molecule has 2 rings (SSSR count). The molecule has 1 aliphatic rings. The summed E-state index contributed by atoms with van der Waals surface area (Å²) in [5, 5.41) is 11.8. The number of carbonyl (C=O) groups excluding carboxylic acids is 1. The topological polar surface area (TPSA) is 62.1 Å². The summed E-state index contributed by atoms with van der Waals surface area (Å²) < 4.78 is 5.58. The van der Waals surface area contributed by atoms with E-state index in [0.717, 1.165) is 19.3 Å². The maximum Gasteiger partial charge on any atom is 0.260 e. The normalized spacial score (nSPS) is 15.4. The lowest BCUT2D eigenvalue weighted by molar-refractivity contribution is -0.127. The number of allylic oxidation sites excluding steroid dienone is 1. The summed E-state index contributed by atoms with van der Waals surface area (Å²) in [4.78, 5) is 12.0. The van der Waals surface area contributed by atoms with Crippen LogP contribution in [0.15, 0.2) is 35.9 Å². The average Bonchev–Trinajstić information content (AvgIpc) is 2.56. The van der Waals surface area contributed by atoms with Gasteiger partial charge in [0.25, 0.3) is 5.91 Å². The van der Waals surface area contributed by atoms with E-state index in [1.807, 2.05) is 0 Å². The van der Waals surface area contributed by atoms with E-state index in [1.54, 1.807) is 31.2 Å². The van der Waals surface area contributed by atoms with Crippen molar-refractivity contribution in [3.05, 3.63) is 41.5 Å². The van der Waals surface area contributed by atoms with Crippen molar-refractivity contribution in [1.29, 1.82) is 5.26 Å². The van der Waals surface area contributed by atoms with E-state index in [9.17, 15) is 4.79 Å². The molecule has 0 saturated heterocycles. The van der Waals surface area contributed by atoms with Gasteiger partial charge in [-0.05, 0) is 57.2 Å². The van der Waals surface area contributed by atoms with Crippen molar-refractivity contribution in [3.8, 4) is 11.8 Å². The van der Waals surface area contributed by atoms with Crippen molar-refractivity contribution in [1.82, 2.24) is 5.32 Å². The molecule has 0 bridgehead atoms. The highest BCUT2D eigenvalue weighted by Gasteiger charge is 2.14. The molecule has 1 atom stereocenters. The number of hydrogen-bond donors (Lipinski definition) is 1. The Morgan fingerprint density at radius 2 is 2.32 bits per heavy atom. The Kier molecular flexibility index (Phi) is 6.02. The summed E-state index contributed by atoms with van der Waals surface area (Å²) in [6.07, 6.45) is 7.50. The Morgan fingerprint density at radius 3 is 3.05 bits per heavy atom. The van der Waals surface area contributed by atoms with Crippen LogP contribution in [-0.4, -0.2) is 18.6 Å². The number of carbonyl (C=O) groups is 1. The summed E-state index contributed by atoms with van der Waals surface area (Å²) in [6, 6.07) is 8.88. The number of rotatable bonds is 6. The summed E-state index contributed by atoms with van der Waals surface area (Å²) in [5.74, 6) is 0.412. The van der Waals surface area contributed by atoms with Gasteiger partial charge in [0.15, 0.2) is 6.10 Å². The minimum Gasteiger partial charge on any atom is -0.481 e. The van der Waals surface area contributed by atoms with Crippen molar-refractivity contribution in [2.75, 3.05) is 6.54 Å². The monoisotopic (exact) mass is 298 g/mol. The van der Waals surface area contributed by atoms with Gasteiger partial charge in [0.05, 0.1) is 11.6 Å². The molecule has 1 aromatic rings. The number of benzene rings is 1. The van der Waals surface area contributed by atoms with Gasteiger partial charge in [0.1, 0.15) is 5.75 Å². The summed E-state index contributed by atoms with van der Waals surface area (Å²) in [5.41, 5.74) is 1.97. The summed E-state index contributed by atoms with van der Waals surface area (Å²) in [6.45, 7) is 2.37. The first kappa shape index (κ1) is 16.1. The summed E-state index contributed by atoms with van der Waals surface area (Å²) >= 11 is 0. The molecule has 0 aliphatic heterocycles. The van der Waals surface area contributed by atoms with E-state index in [1.165, 1.54) is 18.4 Å². The smallest absolute Gasteiger partial charge is 0.260 e. The zero-order valence-corrected chi connectivity index (χ0v) is 13.0. The van der Waals surface area contributed by atoms with E-state index in [0.29, 0.717) is 17.9 Å². The highest BCUT2D eigenvalue weighted by molar-refractivity contribution is 5.80. The molecule has 1 aromatic carbocycles. The van der Waals surface area contributed by atoms with Crippen LogP contribution >= 0.6 is 0 Å². The summed E-state index contributed by atoms with van der Waals surface area (Å²) in [7, 11) is 0. The Hall–Kier alpha value is -2.28. The van der Waals surface area contributed by atoms with Gasteiger partial charge < -0.3 is 10.1 Å². The first-order chi connectivity index (χ1) is 10.7. The molecule has 0 heterocycles. The van der Waals surface area contributed by atoms with E-state index in [4.69, 9.17) is 10.00 Å². The number of ether oxygens (including phenoxy) is 1. The Balaban J connectivity index is 1.76. The lowest BCUT2D eigenvalue weighted by atomic mass is 9.97. The number of nitrogens with one attached hydrogen (secondary N) is 1. The van der Waals surface area contributed by atoms with Crippen molar-refractivity contribution >= 4 is 5.91 Å². The lowest BCUT2D eigenvalue weighted by Gasteiger charge is -2.16. The molecule has 1 aliphatic carbocycles. The Bertz CT molecular complexity index is 587. The molecule has 0 unspecified atom stereocenters. The number of nitriles is 1. The Morgan fingerprint density at radius 1 is 1.45 bits per heavy atom. The maximum atomic E-state index is 12.0. The van der Waals surface area contributed by atoms with E-state index >= 15 is 0 Å². The van der Waals surface area contributed by atoms with Crippen molar-refractivity contribution < 1.29 is 9.53 Å². The maximum absolute atomic E-state index is 12.0. The second kappa shape index (κ2) is 8.23. The first-order valence-electron chi connectivity index (χ1n) is 7.81. The van der Waals surface area contributed by atoms with Crippen molar-refractivity contribution in [3.63, 3.8) is 0 Å². The fraction of sp³-hybridized carbons (Fsp3) is 0.444. The minimum atomic E-state index is -0.575. The molecule has 1 amide bonds. The lowest BCUT2D eigenvalue weighted by Crippen LogP contribution is -2.37. The van der Waals surface area contributed by atoms with Crippen LogP contribution in [-0.2, 0) is 4.79 Å². The molecule has 0 radical (unpaired) electrons. The molecule has 4 heteroatoms. The predicted molar refractivity (Wildman–Crippen MR) is 85.4 cm³/mol. The molecule has 116 valence electrons. The minimum absolute atomic E-state index is 0.126. The third-order valence-electron chi connectivity index (χ3n) is 3.78. The SMILES string of the molecule is C[C@@H](Oc1cccc(C#N)c1)C(=O)NCCC1=CCCCC1. The van der Waals surface area contributed by atoms with Crippen LogP contribution < -0.4 is 10.1 Å². The molecule has 22 heavy (non-hydrogen) atoms. The largest absolute Gasteiger partial charge is 0.481 e. The fourth-order valence-corrected chi connectivity index (χ4v) is 2.52. The molecule has 0 saturated carbocycles. The second-order valence-electron chi connectivity index (χ2n) is 5.55. The van der Waals surface area contributed by atoms with Gasteiger partial charge in [-0.25, -0.2) is 0 Å². The molecule has 0 spiro atoms. The molecular weight excluding hydrogens is 276 g/mol. The van der Waals surface area contributed by atoms with Gasteiger partial charge in [0, 0.05) is 6.54 Å². The van der Waals surface area contributed by atoms with Crippen LogP contribution in [0.4, 0.5) is 0 Å². The van der Waals surface area contributed by atoms with E-state index < -0.39 is 6.10 Å². The van der Waals surface area contributed by atoms with E-state index in [2.05, 4.69) is 17.5 Å². The highest BCUT2D eigenvalue weighted by atomic mass is 16.5. The predicted octanol–water partition coefficient (Wildman–Crippen LogP) is 3.33. The van der Waals surface area contributed by atoms with Crippen LogP contribution in [0, 0.1) is 11.3 Å². The fourth-order valence-electron chi connectivity index (χ4n) is 2.52. The standard InChI is InChI=1S/C18H22N2O2/c1-14(22-17-9-5-8-16(12-17)13-19)18(21)20-11-10-15-6-3-2-4-7-15/h5-6,8-9,12,14H,2-4,7,10-11H2,1H3,(H,20,21)/t14-/m1/s1. The third-order valence-corrected chi connectivity index (χ3v) is 3.78. The van der Waals surface area contributed by atoms with Crippen molar-refractivity contribution in [2.45, 2.75) is 45.1 Å². The van der Waals surface area contributed by atoms with Gasteiger partial charge in [-0.1, -0.05) is 17.7 Å². The zero-order chi connectivity index (χ0) is 15.8. The van der Waals surface area contributed by atoms with Crippen LogP contribution in [0.1, 0.15) is 44.6 Å². The van der Waals surface area contributed by atoms with E-state index in [-0.39, 0.29) is 5.91 Å². The first-order valence-corrected chi connectivity index (χ1v) is 7.81. The molecule has 0 fully saturated rings. The number of hydrogen-bond acceptors (Lipinski definition) is 3. The van der Waals surface area contributed by atoms with Crippen LogP contribution in [0.2, 0.25) is 0 Å². The zero-order valence-electron chi connectivity index (χ0n) is 13.0. The third kappa shape index (κ3) is 4.92. The molecule has 0 aromatic heterocycles. The van der Waals surface area contributed by atoms with Crippen LogP contribution in [0.3, 0.4) is 0 Å². The number of amides is 1. The average molecular weight is 298 g/mol. The quantitative estimate of drug-likeness (QED) is 0.819. The second-order valence-corrected chi connectivity index (χ2v) is 5.55. The molecule has 4 nitrogen and oxygen atoms in total. The van der Waals surface area contributed by atoms with Gasteiger partial charge >= 0.3 is 0 Å². The van der Waals surface area contributed by atoms with Gasteiger partial charge in [-0.2, -0.15) is 5.26 Å². The van der Waals surface area contributed by atoms with Gasteiger partial charge in [-0.15, -0.1) is 0 Å². The molecular formula is C18H22N2O2. The van der Waals surface area contributed by atoms with Crippen LogP contribution in [0.25, 0.3) is 0 Å². The van der Waals surface area contributed by atoms with Gasteiger partial charge in [-0.3, -0.25) is 4.79 Å². The number of nitrogens with zero attached hydrogens (tertiary/aromatic N) is 1. The Labute approximate surface area is 131 Å². The van der Waals surface area contributed by atoms with Crippen molar-refractivity contribution in [2.24, 2.45) is 0 Å².